The van der Waals surface area contributed by atoms with E-state index >= 15 is 0 Å². The SMILES string of the molecule is CC(C)CC(N)C(=O)NC(C(=O)NC(CCCCN)C(=O)NC(CCC(N)=O)C(=O)O)C(C)C. The van der Waals surface area contributed by atoms with Gasteiger partial charge in [-0.25, -0.2) is 4.79 Å². The fraction of sp³-hybridized carbons (Fsp3) is 0.773. The number of primary amides is 1. The fourth-order valence-corrected chi connectivity index (χ4v) is 3.25. The van der Waals surface area contributed by atoms with Crippen molar-refractivity contribution in [1.29, 1.82) is 0 Å². The Labute approximate surface area is 201 Å². The highest BCUT2D eigenvalue weighted by Gasteiger charge is 2.31. The number of carbonyl (C=O) groups is 5. The summed E-state index contributed by atoms with van der Waals surface area (Å²) >= 11 is 0. The number of carboxylic acid groups (broad SMARTS) is 1. The van der Waals surface area contributed by atoms with Crippen molar-refractivity contribution in [2.45, 2.75) is 90.4 Å². The third-order valence-electron chi connectivity index (χ3n) is 5.18. The molecule has 0 aliphatic carbocycles. The maximum Gasteiger partial charge on any atom is 0.326 e. The first kappa shape index (κ1) is 31.3. The molecule has 196 valence electrons. The monoisotopic (exact) mass is 486 g/mol. The van der Waals surface area contributed by atoms with Crippen LogP contribution < -0.4 is 33.2 Å². The third-order valence-corrected chi connectivity index (χ3v) is 5.18. The molecule has 12 nitrogen and oxygen atoms in total. The second-order valence-corrected chi connectivity index (χ2v) is 9.22. The molecule has 0 radical (unpaired) electrons. The average Bonchev–Trinajstić information content (AvgIpc) is 2.72. The lowest BCUT2D eigenvalue weighted by Crippen LogP contribution is -2.58. The molecule has 4 unspecified atom stereocenters. The lowest BCUT2D eigenvalue weighted by molar-refractivity contribution is -0.142. The minimum Gasteiger partial charge on any atom is -0.480 e. The van der Waals surface area contributed by atoms with Gasteiger partial charge in [0.05, 0.1) is 6.04 Å². The Bertz CT molecular complexity index is 699. The quantitative estimate of drug-likeness (QED) is 0.125. The maximum absolute atomic E-state index is 13.0. The molecule has 0 aromatic heterocycles. The highest BCUT2D eigenvalue weighted by atomic mass is 16.4. The molecule has 4 amide bonds. The molecule has 0 saturated heterocycles. The first-order valence-electron chi connectivity index (χ1n) is 11.7. The standard InChI is InChI=1S/C22H42N6O6/c1-12(2)11-14(24)19(30)28-18(13(3)4)21(32)26-15(7-5-6-10-23)20(31)27-16(22(33)34)8-9-17(25)29/h12-16,18H,5-11,23-24H2,1-4H3,(H2,25,29)(H,26,32)(H,27,31)(H,28,30)(H,33,34). The first-order valence-corrected chi connectivity index (χ1v) is 11.7. The van der Waals surface area contributed by atoms with E-state index in [-0.39, 0.29) is 31.1 Å². The van der Waals surface area contributed by atoms with Gasteiger partial charge in [-0.3, -0.25) is 19.2 Å². The number of unbranched alkanes of at least 4 members (excludes halogenated alkanes) is 1. The zero-order valence-electron chi connectivity index (χ0n) is 20.6. The lowest BCUT2D eigenvalue weighted by Gasteiger charge is -2.27. The van der Waals surface area contributed by atoms with E-state index < -0.39 is 53.8 Å². The van der Waals surface area contributed by atoms with Gasteiger partial charge in [0.25, 0.3) is 0 Å². The van der Waals surface area contributed by atoms with Crippen molar-refractivity contribution in [2.24, 2.45) is 29.0 Å². The van der Waals surface area contributed by atoms with Gasteiger partial charge >= 0.3 is 5.97 Å². The number of carbonyl (C=O) groups excluding carboxylic acids is 4. The smallest absolute Gasteiger partial charge is 0.326 e. The van der Waals surface area contributed by atoms with E-state index in [0.29, 0.717) is 25.8 Å². The second-order valence-electron chi connectivity index (χ2n) is 9.22. The number of aliphatic carboxylic acids is 1. The van der Waals surface area contributed by atoms with E-state index in [1.54, 1.807) is 13.8 Å². The summed E-state index contributed by atoms with van der Waals surface area (Å²) < 4.78 is 0. The number of hydrogen-bond donors (Lipinski definition) is 7. The van der Waals surface area contributed by atoms with E-state index in [0.717, 1.165) is 0 Å². The van der Waals surface area contributed by atoms with Crippen LogP contribution in [0, 0.1) is 11.8 Å². The van der Waals surface area contributed by atoms with Gasteiger partial charge in [0.1, 0.15) is 18.1 Å². The molecule has 4 atom stereocenters. The minimum absolute atomic E-state index is 0.182. The topological polar surface area (TPSA) is 220 Å². The fourth-order valence-electron chi connectivity index (χ4n) is 3.25. The van der Waals surface area contributed by atoms with Crippen LogP contribution in [-0.2, 0) is 24.0 Å². The van der Waals surface area contributed by atoms with Crippen LogP contribution in [0.2, 0.25) is 0 Å². The number of nitrogens with two attached hydrogens (primary N) is 3. The van der Waals surface area contributed by atoms with E-state index in [2.05, 4.69) is 16.0 Å². The largest absolute Gasteiger partial charge is 0.480 e. The predicted octanol–water partition coefficient (Wildman–Crippen LogP) is -1.05. The van der Waals surface area contributed by atoms with E-state index in [9.17, 15) is 29.1 Å². The minimum atomic E-state index is -1.34. The number of carboxylic acids is 1. The molecule has 0 bridgehead atoms. The van der Waals surface area contributed by atoms with Crippen molar-refractivity contribution in [3.8, 4) is 0 Å². The molecule has 34 heavy (non-hydrogen) atoms. The highest BCUT2D eigenvalue weighted by Crippen LogP contribution is 2.09. The summed E-state index contributed by atoms with van der Waals surface area (Å²) in [6.45, 7) is 7.73. The van der Waals surface area contributed by atoms with Crippen molar-refractivity contribution in [1.82, 2.24) is 16.0 Å². The third kappa shape index (κ3) is 12.5. The second kappa shape index (κ2) is 16.0. The summed E-state index contributed by atoms with van der Waals surface area (Å²) in [6, 6.07) is -4.12. The maximum atomic E-state index is 13.0. The Morgan fingerprint density at radius 3 is 1.88 bits per heavy atom. The summed E-state index contributed by atoms with van der Waals surface area (Å²) in [6.07, 6.45) is 1.36. The van der Waals surface area contributed by atoms with Crippen LogP contribution in [0.5, 0.6) is 0 Å². The van der Waals surface area contributed by atoms with Gasteiger partial charge in [0.15, 0.2) is 0 Å². The zero-order chi connectivity index (χ0) is 26.4. The number of amides is 4. The van der Waals surface area contributed by atoms with Crippen LogP contribution in [0.25, 0.3) is 0 Å². The Balaban J connectivity index is 5.44. The van der Waals surface area contributed by atoms with Crippen LogP contribution >= 0.6 is 0 Å². The van der Waals surface area contributed by atoms with Crippen LogP contribution in [0.15, 0.2) is 0 Å². The highest BCUT2D eigenvalue weighted by molar-refractivity contribution is 5.94. The first-order chi connectivity index (χ1) is 15.8. The molecule has 0 aliphatic heterocycles. The predicted molar refractivity (Wildman–Crippen MR) is 127 cm³/mol. The number of rotatable bonds is 17. The van der Waals surface area contributed by atoms with Crippen molar-refractivity contribution < 1.29 is 29.1 Å². The molecule has 0 spiro atoms. The molecular formula is C22H42N6O6. The molecule has 0 aromatic rings. The van der Waals surface area contributed by atoms with Gasteiger partial charge in [-0.1, -0.05) is 27.7 Å². The van der Waals surface area contributed by atoms with E-state index in [1.165, 1.54) is 0 Å². The lowest BCUT2D eigenvalue weighted by atomic mass is 9.99. The summed E-state index contributed by atoms with van der Waals surface area (Å²) in [5.74, 6) is -3.90. The van der Waals surface area contributed by atoms with Crippen molar-refractivity contribution in [2.75, 3.05) is 6.54 Å². The molecule has 12 heteroatoms. The molecule has 0 aliphatic rings. The van der Waals surface area contributed by atoms with Crippen LogP contribution in [-0.4, -0.2) is 65.4 Å². The summed E-state index contributed by atoms with van der Waals surface area (Å²) in [7, 11) is 0. The Hall–Kier alpha value is -2.73. The van der Waals surface area contributed by atoms with Gasteiger partial charge in [-0.15, -0.1) is 0 Å². The van der Waals surface area contributed by atoms with Gasteiger partial charge < -0.3 is 38.3 Å². The van der Waals surface area contributed by atoms with Crippen molar-refractivity contribution in [3.05, 3.63) is 0 Å². The summed E-state index contributed by atoms with van der Waals surface area (Å²) in [5, 5.41) is 17.0. The van der Waals surface area contributed by atoms with E-state index in [1.807, 2.05) is 13.8 Å². The van der Waals surface area contributed by atoms with Crippen LogP contribution in [0.1, 0.15) is 66.2 Å². The molecule has 0 aromatic carbocycles. The van der Waals surface area contributed by atoms with Crippen LogP contribution in [0.3, 0.4) is 0 Å². The summed E-state index contributed by atoms with van der Waals surface area (Å²) in [5.41, 5.74) is 16.5. The molecule has 10 N–H and O–H groups in total. The van der Waals surface area contributed by atoms with Gasteiger partial charge in [-0.2, -0.15) is 0 Å². The van der Waals surface area contributed by atoms with Gasteiger partial charge in [-0.05, 0) is 50.5 Å². The Morgan fingerprint density at radius 1 is 0.824 bits per heavy atom. The summed E-state index contributed by atoms with van der Waals surface area (Å²) in [4.78, 5) is 60.8. The average molecular weight is 487 g/mol. The van der Waals surface area contributed by atoms with E-state index in [4.69, 9.17) is 17.2 Å². The molecule has 0 fully saturated rings. The Kier molecular flexibility index (Phi) is 14.7. The molecule has 0 heterocycles. The molecule has 0 rings (SSSR count). The zero-order valence-corrected chi connectivity index (χ0v) is 20.6. The molecule has 0 saturated carbocycles. The van der Waals surface area contributed by atoms with Crippen LogP contribution in [0.4, 0.5) is 0 Å². The normalized spacial score (nSPS) is 14.7. The van der Waals surface area contributed by atoms with Gasteiger partial charge in [0.2, 0.25) is 23.6 Å². The Morgan fingerprint density at radius 2 is 1.41 bits per heavy atom. The number of nitrogens with one attached hydrogen (secondary N) is 3. The number of hydrogen-bond acceptors (Lipinski definition) is 7. The van der Waals surface area contributed by atoms with Crippen molar-refractivity contribution >= 4 is 29.6 Å². The van der Waals surface area contributed by atoms with Crippen molar-refractivity contribution in [3.63, 3.8) is 0 Å². The molecular weight excluding hydrogens is 444 g/mol. The van der Waals surface area contributed by atoms with Gasteiger partial charge in [0, 0.05) is 6.42 Å².